The summed E-state index contributed by atoms with van der Waals surface area (Å²) in [7, 11) is 1.93. The molecule has 2 N–H and O–H groups in total. The highest BCUT2D eigenvalue weighted by Crippen LogP contribution is 2.23. The Morgan fingerprint density at radius 3 is 2.50 bits per heavy atom. The van der Waals surface area contributed by atoms with Crippen LogP contribution in [0.2, 0.25) is 0 Å². The van der Waals surface area contributed by atoms with Gasteiger partial charge in [0.1, 0.15) is 0 Å². The molecule has 92 valence electrons. The predicted molar refractivity (Wildman–Crippen MR) is 67.1 cm³/mol. The zero-order valence-electron chi connectivity index (χ0n) is 10.4. The maximum atomic E-state index is 11.5. The van der Waals surface area contributed by atoms with Gasteiger partial charge in [0.05, 0.1) is 0 Å². The maximum Gasteiger partial charge on any atom is 0.344 e. The standard InChI is InChI=1S/C10H20N4OS/c1-6(2)14-9(15)12-13-10(14)16-8(4)7(3)11-5/h6-8,11H,1-5H3,(H,12,15). The Morgan fingerprint density at radius 1 is 1.38 bits per heavy atom. The Bertz CT molecular complexity index is 384. The summed E-state index contributed by atoms with van der Waals surface area (Å²) in [6.45, 7) is 8.19. The van der Waals surface area contributed by atoms with Crippen LogP contribution in [-0.4, -0.2) is 33.1 Å². The second-order valence-electron chi connectivity index (χ2n) is 4.18. The number of H-pyrrole nitrogens is 1. The maximum absolute atomic E-state index is 11.5. The number of hydrogen-bond donors (Lipinski definition) is 2. The quantitative estimate of drug-likeness (QED) is 0.765. The van der Waals surface area contributed by atoms with E-state index < -0.39 is 0 Å². The molecule has 1 rings (SSSR count). The van der Waals surface area contributed by atoms with Gasteiger partial charge in [-0.05, 0) is 27.8 Å². The lowest BCUT2D eigenvalue weighted by Gasteiger charge is -2.18. The van der Waals surface area contributed by atoms with Crippen LogP contribution in [0.3, 0.4) is 0 Å². The Kier molecular flexibility index (Phi) is 4.61. The lowest BCUT2D eigenvalue weighted by molar-refractivity contribution is 0.530. The van der Waals surface area contributed by atoms with Crippen LogP contribution in [-0.2, 0) is 0 Å². The van der Waals surface area contributed by atoms with Crippen LogP contribution in [0.15, 0.2) is 9.95 Å². The van der Waals surface area contributed by atoms with Gasteiger partial charge in [-0.2, -0.15) is 0 Å². The molecule has 0 saturated heterocycles. The zero-order valence-corrected chi connectivity index (χ0v) is 11.3. The topological polar surface area (TPSA) is 62.7 Å². The van der Waals surface area contributed by atoms with Crippen molar-refractivity contribution in [3.05, 3.63) is 10.5 Å². The highest BCUT2D eigenvalue weighted by Gasteiger charge is 2.18. The summed E-state index contributed by atoms with van der Waals surface area (Å²) >= 11 is 1.61. The Labute approximate surface area is 100 Å². The van der Waals surface area contributed by atoms with Crippen LogP contribution in [0.5, 0.6) is 0 Å². The summed E-state index contributed by atoms with van der Waals surface area (Å²) in [4.78, 5) is 11.5. The average molecular weight is 244 g/mol. The Balaban J connectivity index is 2.85. The summed E-state index contributed by atoms with van der Waals surface area (Å²) in [5, 5.41) is 10.9. The Hall–Kier alpha value is -0.750. The fourth-order valence-electron chi connectivity index (χ4n) is 1.33. The van der Waals surface area contributed by atoms with E-state index >= 15 is 0 Å². The molecule has 0 saturated carbocycles. The van der Waals surface area contributed by atoms with Gasteiger partial charge in [0.15, 0.2) is 5.16 Å². The SMILES string of the molecule is CNC(C)C(C)Sc1n[nH]c(=O)n1C(C)C. The van der Waals surface area contributed by atoms with Crippen molar-refractivity contribution in [1.29, 1.82) is 0 Å². The molecule has 1 heterocycles. The molecule has 0 bridgehead atoms. The smallest absolute Gasteiger partial charge is 0.316 e. The number of nitrogens with zero attached hydrogens (tertiary/aromatic N) is 2. The molecule has 6 heteroatoms. The first-order valence-corrected chi connectivity index (χ1v) is 6.36. The first-order chi connectivity index (χ1) is 7.47. The molecule has 0 aliphatic rings. The Morgan fingerprint density at radius 2 is 2.00 bits per heavy atom. The highest BCUT2D eigenvalue weighted by atomic mass is 32.2. The van der Waals surface area contributed by atoms with Crippen molar-refractivity contribution < 1.29 is 0 Å². The van der Waals surface area contributed by atoms with E-state index in [2.05, 4.69) is 29.4 Å². The molecule has 2 unspecified atom stereocenters. The van der Waals surface area contributed by atoms with Gasteiger partial charge in [-0.1, -0.05) is 18.7 Å². The van der Waals surface area contributed by atoms with E-state index in [0.717, 1.165) is 5.16 Å². The molecule has 0 aromatic carbocycles. The fourth-order valence-corrected chi connectivity index (χ4v) is 2.51. The normalized spacial score (nSPS) is 15.4. The minimum Gasteiger partial charge on any atom is -0.316 e. The van der Waals surface area contributed by atoms with E-state index in [9.17, 15) is 4.79 Å². The first kappa shape index (κ1) is 13.3. The van der Waals surface area contributed by atoms with E-state index in [0.29, 0.717) is 11.3 Å². The number of nitrogens with one attached hydrogen (secondary N) is 2. The van der Waals surface area contributed by atoms with E-state index in [1.54, 1.807) is 16.3 Å². The summed E-state index contributed by atoms with van der Waals surface area (Å²) < 4.78 is 1.68. The number of rotatable bonds is 5. The van der Waals surface area contributed by atoms with E-state index in [1.165, 1.54) is 0 Å². The third kappa shape index (κ3) is 2.89. The van der Waals surface area contributed by atoms with Gasteiger partial charge in [-0.25, -0.2) is 9.89 Å². The average Bonchev–Trinajstić information content (AvgIpc) is 2.58. The van der Waals surface area contributed by atoms with Crippen molar-refractivity contribution in [3.8, 4) is 0 Å². The molecule has 0 radical (unpaired) electrons. The lowest BCUT2D eigenvalue weighted by Crippen LogP contribution is -2.31. The fraction of sp³-hybridized carbons (Fsp3) is 0.800. The van der Waals surface area contributed by atoms with Crippen LogP contribution in [0.1, 0.15) is 33.7 Å². The van der Waals surface area contributed by atoms with E-state index in [-0.39, 0.29) is 11.7 Å². The number of aromatic nitrogens is 3. The number of hydrogen-bond acceptors (Lipinski definition) is 4. The van der Waals surface area contributed by atoms with Gasteiger partial charge in [0.2, 0.25) is 0 Å². The minimum absolute atomic E-state index is 0.130. The predicted octanol–water partition coefficient (Wildman–Crippen LogP) is 1.24. The van der Waals surface area contributed by atoms with Crippen molar-refractivity contribution in [2.75, 3.05) is 7.05 Å². The molecule has 5 nitrogen and oxygen atoms in total. The summed E-state index contributed by atoms with van der Waals surface area (Å²) in [5.41, 5.74) is -0.137. The van der Waals surface area contributed by atoms with Crippen molar-refractivity contribution in [3.63, 3.8) is 0 Å². The summed E-state index contributed by atoms with van der Waals surface area (Å²) in [6, 6.07) is 0.503. The van der Waals surface area contributed by atoms with Gasteiger partial charge in [-0.15, -0.1) is 5.10 Å². The monoisotopic (exact) mass is 244 g/mol. The molecule has 1 aromatic rings. The van der Waals surface area contributed by atoms with Gasteiger partial charge in [0, 0.05) is 17.3 Å². The third-order valence-corrected chi connectivity index (χ3v) is 3.92. The molecule has 0 aliphatic carbocycles. The molecule has 16 heavy (non-hydrogen) atoms. The van der Waals surface area contributed by atoms with Gasteiger partial charge in [0.25, 0.3) is 0 Å². The largest absolute Gasteiger partial charge is 0.344 e. The van der Waals surface area contributed by atoms with Gasteiger partial charge in [-0.3, -0.25) is 4.57 Å². The first-order valence-electron chi connectivity index (χ1n) is 5.48. The lowest BCUT2D eigenvalue weighted by atomic mass is 10.3. The minimum atomic E-state index is -0.137. The van der Waals surface area contributed by atoms with E-state index in [4.69, 9.17) is 0 Å². The van der Waals surface area contributed by atoms with Crippen molar-refractivity contribution in [1.82, 2.24) is 20.1 Å². The summed E-state index contributed by atoms with van der Waals surface area (Å²) in [6.07, 6.45) is 0. The van der Waals surface area contributed by atoms with Crippen LogP contribution < -0.4 is 11.0 Å². The van der Waals surface area contributed by atoms with Crippen LogP contribution in [0.25, 0.3) is 0 Å². The van der Waals surface area contributed by atoms with Crippen LogP contribution in [0.4, 0.5) is 0 Å². The molecular formula is C10H20N4OS. The number of thioether (sulfide) groups is 1. The molecule has 0 fully saturated rings. The third-order valence-electron chi connectivity index (χ3n) is 2.64. The van der Waals surface area contributed by atoms with Crippen molar-refractivity contribution in [2.24, 2.45) is 0 Å². The molecule has 1 aromatic heterocycles. The molecule has 2 atom stereocenters. The molecule has 0 spiro atoms. The highest BCUT2D eigenvalue weighted by molar-refractivity contribution is 7.99. The van der Waals surface area contributed by atoms with Crippen molar-refractivity contribution in [2.45, 2.75) is 50.2 Å². The van der Waals surface area contributed by atoms with Gasteiger partial charge < -0.3 is 5.32 Å². The van der Waals surface area contributed by atoms with Crippen LogP contribution >= 0.6 is 11.8 Å². The van der Waals surface area contributed by atoms with Gasteiger partial charge >= 0.3 is 5.69 Å². The van der Waals surface area contributed by atoms with Crippen molar-refractivity contribution >= 4 is 11.8 Å². The molecular weight excluding hydrogens is 224 g/mol. The second-order valence-corrected chi connectivity index (χ2v) is 5.52. The molecule has 0 aliphatic heterocycles. The van der Waals surface area contributed by atoms with Crippen LogP contribution in [0, 0.1) is 0 Å². The number of aromatic amines is 1. The van der Waals surface area contributed by atoms with E-state index in [1.807, 2.05) is 20.9 Å². The second kappa shape index (κ2) is 5.54. The summed E-state index contributed by atoms with van der Waals surface area (Å²) in [5.74, 6) is 0. The zero-order chi connectivity index (χ0) is 12.3. The molecule has 0 amide bonds.